The van der Waals surface area contributed by atoms with Crippen molar-refractivity contribution in [1.29, 1.82) is 0 Å². The summed E-state index contributed by atoms with van der Waals surface area (Å²) in [5, 5.41) is 0.450. The van der Waals surface area contributed by atoms with Gasteiger partial charge in [0.2, 0.25) is 0 Å². The fourth-order valence-electron chi connectivity index (χ4n) is 1.85. The van der Waals surface area contributed by atoms with E-state index in [1.165, 1.54) is 23.5 Å². The van der Waals surface area contributed by atoms with Crippen LogP contribution in [0.25, 0.3) is 0 Å². The van der Waals surface area contributed by atoms with E-state index in [1.54, 1.807) is 30.3 Å². The maximum Gasteiger partial charge on any atom is 0.264 e. The first-order valence-corrected chi connectivity index (χ1v) is 9.14. The Morgan fingerprint density at radius 1 is 1.18 bits per heavy atom. The predicted molar refractivity (Wildman–Crippen MR) is 92.4 cm³/mol. The van der Waals surface area contributed by atoms with Gasteiger partial charge in [-0.2, -0.15) is 0 Å². The van der Waals surface area contributed by atoms with Gasteiger partial charge in [-0.3, -0.25) is 4.31 Å². The molecular formula is C15H15BrClNO3S. The number of rotatable bonds is 5. The molecule has 0 aliphatic carbocycles. The third-order valence-electron chi connectivity index (χ3n) is 3.06. The summed E-state index contributed by atoms with van der Waals surface area (Å²) >= 11 is 9.31. The van der Waals surface area contributed by atoms with Crippen LogP contribution in [-0.4, -0.2) is 22.1 Å². The molecule has 0 aliphatic heterocycles. The summed E-state index contributed by atoms with van der Waals surface area (Å²) in [6, 6.07) is 11.3. The van der Waals surface area contributed by atoms with E-state index in [9.17, 15) is 8.42 Å². The van der Waals surface area contributed by atoms with Crippen LogP contribution in [0.2, 0.25) is 5.02 Å². The summed E-state index contributed by atoms with van der Waals surface area (Å²) in [5.74, 6) is 0.635. The Morgan fingerprint density at radius 2 is 1.82 bits per heavy atom. The van der Waals surface area contributed by atoms with E-state index >= 15 is 0 Å². The van der Waals surface area contributed by atoms with Crippen LogP contribution in [0.5, 0.6) is 5.75 Å². The summed E-state index contributed by atoms with van der Waals surface area (Å²) in [6.07, 6.45) is 0. The van der Waals surface area contributed by atoms with E-state index < -0.39 is 10.0 Å². The molecule has 0 saturated carbocycles. The zero-order valence-corrected chi connectivity index (χ0v) is 15.2. The number of hydrogen-bond acceptors (Lipinski definition) is 3. The highest BCUT2D eigenvalue weighted by molar-refractivity contribution is 9.10. The summed E-state index contributed by atoms with van der Waals surface area (Å²) in [4.78, 5) is 0.192. The van der Waals surface area contributed by atoms with Crippen LogP contribution in [-0.2, 0) is 10.0 Å². The largest absolute Gasteiger partial charge is 0.494 e. The van der Waals surface area contributed by atoms with E-state index in [2.05, 4.69) is 15.9 Å². The van der Waals surface area contributed by atoms with Crippen molar-refractivity contribution in [2.75, 3.05) is 18.0 Å². The fraction of sp³-hybridized carbons (Fsp3) is 0.200. The number of anilines is 1. The van der Waals surface area contributed by atoms with Gasteiger partial charge in [-0.25, -0.2) is 8.42 Å². The lowest BCUT2D eigenvalue weighted by Crippen LogP contribution is -2.26. The molecule has 0 amide bonds. The Bertz CT molecular complexity index is 763. The number of sulfonamides is 1. The quantitative estimate of drug-likeness (QED) is 0.745. The molecule has 2 rings (SSSR count). The van der Waals surface area contributed by atoms with Crippen LogP contribution >= 0.6 is 27.5 Å². The molecule has 0 fully saturated rings. The minimum atomic E-state index is -3.65. The zero-order chi connectivity index (χ0) is 16.3. The van der Waals surface area contributed by atoms with Crippen LogP contribution in [0.4, 0.5) is 5.69 Å². The van der Waals surface area contributed by atoms with Gasteiger partial charge in [0.05, 0.1) is 22.2 Å². The molecule has 2 aromatic carbocycles. The Balaban J connectivity index is 2.34. The SMILES string of the molecule is CCOc1ccc(S(=O)(=O)N(C)c2ccc(Br)c(Cl)c2)cc1. The lowest BCUT2D eigenvalue weighted by Gasteiger charge is -2.20. The lowest BCUT2D eigenvalue weighted by molar-refractivity contribution is 0.340. The molecule has 0 spiro atoms. The molecule has 7 heteroatoms. The Morgan fingerprint density at radius 3 is 2.36 bits per heavy atom. The average Bonchev–Trinajstić information content (AvgIpc) is 2.50. The van der Waals surface area contributed by atoms with Crippen LogP contribution in [0.1, 0.15) is 6.92 Å². The van der Waals surface area contributed by atoms with Crippen LogP contribution in [0.3, 0.4) is 0 Å². The van der Waals surface area contributed by atoms with Crippen molar-refractivity contribution in [3.63, 3.8) is 0 Å². The number of benzene rings is 2. The summed E-state index contributed by atoms with van der Waals surface area (Å²) in [5.41, 5.74) is 0.488. The second-order valence-corrected chi connectivity index (χ2v) is 7.71. The molecule has 0 bridgehead atoms. The molecule has 0 aliphatic rings. The number of nitrogens with zero attached hydrogens (tertiary/aromatic N) is 1. The van der Waals surface area contributed by atoms with Gasteiger partial charge in [0, 0.05) is 11.5 Å². The maximum atomic E-state index is 12.6. The Labute approximate surface area is 143 Å². The number of hydrogen-bond donors (Lipinski definition) is 0. The van der Waals surface area contributed by atoms with E-state index in [1.807, 2.05) is 6.92 Å². The van der Waals surface area contributed by atoms with Crippen molar-refractivity contribution >= 4 is 43.2 Å². The number of ether oxygens (including phenoxy) is 1. The molecule has 0 N–H and O–H groups in total. The van der Waals surface area contributed by atoms with Gasteiger partial charge in [0.1, 0.15) is 5.75 Å². The Kier molecular flexibility index (Phi) is 5.36. The summed E-state index contributed by atoms with van der Waals surface area (Å²) < 4.78 is 32.5. The highest BCUT2D eigenvalue weighted by Gasteiger charge is 2.21. The van der Waals surface area contributed by atoms with E-state index in [-0.39, 0.29) is 4.90 Å². The van der Waals surface area contributed by atoms with Crippen LogP contribution < -0.4 is 9.04 Å². The first-order chi connectivity index (χ1) is 10.4. The van der Waals surface area contributed by atoms with E-state index in [0.717, 1.165) is 0 Å². The van der Waals surface area contributed by atoms with Crippen LogP contribution in [0, 0.1) is 0 Å². The minimum Gasteiger partial charge on any atom is -0.494 e. The van der Waals surface area contributed by atoms with Crippen molar-refractivity contribution in [2.24, 2.45) is 0 Å². The topological polar surface area (TPSA) is 46.6 Å². The molecule has 0 saturated heterocycles. The molecule has 0 aromatic heterocycles. The molecular weight excluding hydrogens is 390 g/mol. The van der Waals surface area contributed by atoms with Gasteiger partial charge in [-0.15, -0.1) is 0 Å². The monoisotopic (exact) mass is 403 g/mol. The van der Waals surface area contributed by atoms with Gasteiger partial charge in [-0.05, 0) is 65.3 Å². The first-order valence-electron chi connectivity index (χ1n) is 6.53. The van der Waals surface area contributed by atoms with Gasteiger partial charge >= 0.3 is 0 Å². The Hall–Kier alpha value is -1.24. The van der Waals surface area contributed by atoms with E-state index in [0.29, 0.717) is 27.5 Å². The molecule has 22 heavy (non-hydrogen) atoms. The van der Waals surface area contributed by atoms with Crippen LogP contribution in [0.15, 0.2) is 51.8 Å². The summed E-state index contributed by atoms with van der Waals surface area (Å²) in [6.45, 7) is 2.40. The van der Waals surface area contributed by atoms with Crippen molar-refractivity contribution in [1.82, 2.24) is 0 Å². The van der Waals surface area contributed by atoms with Crippen molar-refractivity contribution in [3.05, 3.63) is 52.0 Å². The standard InChI is InChI=1S/C15H15BrClNO3S/c1-3-21-12-5-7-13(8-6-12)22(19,20)18(2)11-4-9-14(16)15(17)10-11/h4-10H,3H2,1-2H3. The molecule has 2 aromatic rings. The first kappa shape index (κ1) is 17.1. The van der Waals surface area contributed by atoms with E-state index in [4.69, 9.17) is 16.3 Å². The third kappa shape index (κ3) is 3.56. The van der Waals surface area contributed by atoms with Gasteiger partial charge in [-0.1, -0.05) is 11.6 Å². The fourth-order valence-corrected chi connectivity index (χ4v) is 3.46. The second-order valence-electron chi connectivity index (χ2n) is 4.48. The highest BCUT2D eigenvalue weighted by Crippen LogP contribution is 2.30. The smallest absolute Gasteiger partial charge is 0.264 e. The number of halogens is 2. The van der Waals surface area contributed by atoms with Crippen molar-refractivity contribution in [2.45, 2.75) is 11.8 Å². The molecule has 0 radical (unpaired) electrons. The lowest BCUT2D eigenvalue weighted by atomic mass is 10.3. The molecule has 0 heterocycles. The normalized spacial score (nSPS) is 11.3. The summed E-state index contributed by atoms with van der Waals surface area (Å²) in [7, 11) is -2.16. The molecule has 0 unspecified atom stereocenters. The zero-order valence-electron chi connectivity index (χ0n) is 12.1. The molecule has 4 nitrogen and oxygen atoms in total. The van der Waals surface area contributed by atoms with Gasteiger partial charge in [0.25, 0.3) is 10.0 Å². The van der Waals surface area contributed by atoms with Crippen molar-refractivity contribution < 1.29 is 13.2 Å². The molecule has 118 valence electrons. The second kappa shape index (κ2) is 6.89. The van der Waals surface area contributed by atoms with Gasteiger partial charge < -0.3 is 4.74 Å². The average molecular weight is 405 g/mol. The van der Waals surface area contributed by atoms with Crippen molar-refractivity contribution in [3.8, 4) is 5.75 Å². The highest BCUT2D eigenvalue weighted by atomic mass is 79.9. The van der Waals surface area contributed by atoms with Gasteiger partial charge in [0.15, 0.2) is 0 Å². The minimum absolute atomic E-state index is 0.192. The molecule has 0 atom stereocenters. The maximum absolute atomic E-state index is 12.6. The third-order valence-corrected chi connectivity index (χ3v) is 6.09. The predicted octanol–water partition coefficient (Wildman–Crippen LogP) is 4.33.